The maximum Gasteiger partial charge on any atom is 0.154 e. The zero-order chi connectivity index (χ0) is 13.9. The Balaban J connectivity index is 2.18. The summed E-state index contributed by atoms with van der Waals surface area (Å²) in [4.78, 5) is 5.48. The molecule has 1 heterocycles. The summed E-state index contributed by atoms with van der Waals surface area (Å²) in [6, 6.07) is 6.03. The largest absolute Gasteiger partial charge is 0.308 e. The first-order valence-electron chi connectivity index (χ1n) is 6.05. The van der Waals surface area contributed by atoms with Crippen molar-refractivity contribution in [2.24, 2.45) is 0 Å². The minimum atomic E-state index is 0.1000. The van der Waals surface area contributed by atoms with Crippen LogP contribution in [-0.4, -0.2) is 10.5 Å². The van der Waals surface area contributed by atoms with Gasteiger partial charge < -0.3 is 5.32 Å². The highest BCUT2D eigenvalue weighted by Gasteiger charge is 2.12. The maximum atomic E-state index is 6.10. The number of nitrogens with zero attached hydrogens (tertiary/aromatic N) is 1. The normalized spacial score (nSPS) is 11.8. The van der Waals surface area contributed by atoms with E-state index in [1.807, 2.05) is 23.7 Å². The molecule has 1 aromatic heterocycles. The first-order chi connectivity index (χ1) is 8.94. The number of halogens is 1. The van der Waals surface area contributed by atoms with E-state index >= 15 is 0 Å². The van der Waals surface area contributed by atoms with Crippen LogP contribution in [0.3, 0.4) is 0 Å². The van der Waals surface area contributed by atoms with Crippen LogP contribution in [0.15, 0.2) is 39.0 Å². The average Bonchev–Trinajstić information content (AvgIpc) is 2.79. The number of hydrogen-bond donors (Lipinski definition) is 1. The lowest BCUT2D eigenvalue weighted by Crippen LogP contribution is -2.35. The molecule has 0 atom stereocenters. The van der Waals surface area contributed by atoms with Crippen molar-refractivity contribution in [3.8, 4) is 0 Å². The van der Waals surface area contributed by atoms with E-state index in [2.05, 4.69) is 37.1 Å². The van der Waals surface area contributed by atoms with Gasteiger partial charge in [0, 0.05) is 33.6 Å². The van der Waals surface area contributed by atoms with E-state index in [9.17, 15) is 0 Å². The second kappa shape index (κ2) is 6.27. The van der Waals surface area contributed by atoms with E-state index in [4.69, 9.17) is 11.6 Å². The van der Waals surface area contributed by atoms with Crippen molar-refractivity contribution < 1.29 is 0 Å². The Morgan fingerprint density at radius 3 is 2.79 bits per heavy atom. The summed E-state index contributed by atoms with van der Waals surface area (Å²) < 4.78 is 1.04. The van der Waals surface area contributed by atoms with Gasteiger partial charge in [0.15, 0.2) is 4.34 Å². The molecule has 0 spiro atoms. The van der Waals surface area contributed by atoms with Crippen molar-refractivity contribution in [3.05, 3.63) is 40.4 Å². The second-order valence-electron chi connectivity index (χ2n) is 5.26. The van der Waals surface area contributed by atoms with Crippen molar-refractivity contribution >= 4 is 34.7 Å². The molecule has 0 saturated heterocycles. The molecule has 0 aliphatic heterocycles. The predicted octanol–water partition coefficient (Wildman–Crippen LogP) is 4.84. The number of benzene rings is 1. The van der Waals surface area contributed by atoms with Crippen LogP contribution in [0.25, 0.3) is 0 Å². The van der Waals surface area contributed by atoms with Crippen LogP contribution < -0.4 is 5.32 Å². The first-order valence-corrected chi connectivity index (χ1v) is 8.12. The zero-order valence-electron chi connectivity index (χ0n) is 11.2. The number of rotatable bonds is 4. The van der Waals surface area contributed by atoms with Crippen molar-refractivity contribution in [3.63, 3.8) is 0 Å². The summed E-state index contributed by atoms with van der Waals surface area (Å²) in [5.41, 5.74) is 1.35. The van der Waals surface area contributed by atoms with Crippen LogP contribution in [0.4, 0.5) is 0 Å². The highest BCUT2D eigenvalue weighted by atomic mass is 35.5. The topological polar surface area (TPSA) is 24.9 Å². The summed E-state index contributed by atoms with van der Waals surface area (Å²) in [6.45, 7) is 7.32. The lowest BCUT2D eigenvalue weighted by molar-refractivity contribution is 0.422. The third-order valence-electron chi connectivity index (χ3n) is 2.45. The van der Waals surface area contributed by atoms with Gasteiger partial charge in [-0.05, 0) is 38.5 Å². The maximum absolute atomic E-state index is 6.10. The number of aromatic nitrogens is 1. The van der Waals surface area contributed by atoms with Gasteiger partial charge in [0.2, 0.25) is 0 Å². The summed E-state index contributed by atoms with van der Waals surface area (Å²) >= 11 is 9.41. The van der Waals surface area contributed by atoms with E-state index in [0.29, 0.717) is 0 Å². The van der Waals surface area contributed by atoms with Crippen molar-refractivity contribution in [1.82, 2.24) is 10.3 Å². The van der Waals surface area contributed by atoms with Gasteiger partial charge in [-0.15, -0.1) is 11.3 Å². The van der Waals surface area contributed by atoms with E-state index in [0.717, 1.165) is 15.9 Å². The fourth-order valence-electron chi connectivity index (χ4n) is 1.48. The van der Waals surface area contributed by atoms with Gasteiger partial charge in [-0.2, -0.15) is 0 Å². The third-order valence-corrected chi connectivity index (χ3v) is 4.66. The molecule has 5 heteroatoms. The molecule has 0 fully saturated rings. The average molecular weight is 313 g/mol. The van der Waals surface area contributed by atoms with Gasteiger partial charge in [-0.25, -0.2) is 4.98 Å². The molecule has 19 heavy (non-hydrogen) atoms. The quantitative estimate of drug-likeness (QED) is 0.874. The Bertz CT molecular complexity index is 533. The van der Waals surface area contributed by atoms with Gasteiger partial charge in [-0.3, -0.25) is 0 Å². The van der Waals surface area contributed by atoms with E-state index < -0.39 is 0 Å². The van der Waals surface area contributed by atoms with Crippen LogP contribution >= 0.6 is 34.7 Å². The van der Waals surface area contributed by atoms with Crippen LogP contribution in [0.5, 0.6) is 0 Å². The van der Waals surface area contributed by atoms with Gasteiger partial charge >= 0.3 is 0 Å². The molecule has 0 bridgehead atoms. The fourth-order valence-corrected chi connectivity index (χ4v) is 3.47. The van der Waals surface area contributed by atoms with E-state index in [-0.39, 0.29) is 5.54 Å². The molecular formula is C14H17ClN2S2. The molecule has 0 amide bonds. The SMILES string of the molecule is CC(C)(C)NCc1ccc(Cl)cc1Sc1nccs1. The Kier molecular flexibility index (Phi) is 4.90. The molecule has 0 aliphatic carbocycles. The molecule has 102 valence electrons. The number of hydrogen-bond acceptors (Lipinski definition) is 4. The Morgan fingerprint density at radius 2 is 2.16 bits per heavy atom. The fraction of sp³-hybridized carbons (Fsp3) is 0.357. The Labute approximate surface area is 127 Å². The summed E-state index contributed by atoms with van der Waals surface area (Å²) in [5.74, 6) is 0. The van der Waals surface area contributed by atoms with Crippen molar-refractivity contribution in [2.75, 3.05) is 0 Å². The molecule has 0 saturated carbocycles. The molecule has 0 unspecified atom stereocenters. The van der Waals surface area contributed by atoms with Gasteiger partial charge in [0.05, 0.1) is 0 Å². The standard InChI is InChI=1S/C14H17ClN2S2/c1-14(2,3)17-9-10-4-5-11(15)8-12(10)19-13-16-6-7-18-13/h4-8,17H,9H2,1-3H3. The summed E-state index contributed by atoms with van der Waals surface area (Å²) in [7, 11) is 0. The molecule has 2 nitrogen and oxygen atoms in total. The van der Waals surface area contributed by atoms with Gasteiger partial charge in [0.25, 0.3) is 0 Å². The van der Waals surface area contributed by atoms with Crippen molar-refractivity contribution in [1.29, 1.82) is 0 Å². The highest BCUT2D eigenvalue weighted by molar-refractivity contribution is 8.01. The van der Waals surface area contributed by atoms with Gasteiger partial charge in [0.1, 0.15) is 0 Å². The minimum absolute atomic E-state index is 0.1000. The lowest BCUT2D eigenvalue weighted by atomic mass is 10.1. The van der Waals surface area contributed by atoms with Crippen molar-refractivity contribution in [2.45, 2.75) is 42.1 Å². The van der Waals surface area contributed by atoms with Crippen LogP contribution in [0.1, 0.15) is 26.3 Å². The van der Waals surface area contributed by atoms with Gasteiger partial charge in [-0.1, -0.05) is 29.4 Å². The van der Waals surface area contributed by atoms with Crippen LogP contribution in [-0.2, 0) is 6.54 Å². The molecule has 2 aromatic rings. The van der Waals surface area contributed by atoms with Crippen LogP contribution in [0, 0.1) is 0 Å². The third kappa shape index (κ3) is 4.80. The monoisotopic (exact) mass is 312 g/mol. The molecule has 0 aliphatic rings. The molecule has 0 radical (unpaired) electrons. The molecule has 2 rings (SSSR count). The minimum Gasteiger partial charge on any atom is -0.308 e. The predicted molar refractivity (Wildman–Crippen MR) is 84.3 cm³/mol. The lowest BCUT2D eigenvalue weighted by Gasteiger charge is -2.21. The number of nitrogens with one attached hydrogen (secondary N) is 1. The molecule has 1 aromatic carbocycles. The second-order valence-corrected chi connectivity index (χ2v) is 7.88. The Hall–Kier alpha value is -0.550. The smallest absolute Gasteiger partial charge is 0.154 e. The Morgan fingerprint density at radius 1 is 1.37 bits per heavy atom. The molecular weight excluding hydrogens is 296 g/mol. The summed E-state index contributed by atoms with van der Waals surface area (Å²) in [5, 5.41) is 6.25. The zero-order valence-corrected chi connectivity index (χ0v) is 13.6. The van der Waals surface area contributed by atoms with E-state index in [1.54, 1.807) is 23.1 Å². The highest BCUT2D eigenvalue weighted by Crippen LogP contribution is 2.33. The summed E-state index contributed by atoms with van der Waals surface area (Å²) in [6.07, 6.45) is 1.82. The number of thiazole rings is 1. The molecule has 1 N–H and O–H groups in total. The van der Waals surface area contributed by atoms with Crippen LogP contribution in [0.2, 0.25) is 5.02 Å². The first kappa shape index (κ1) is 14.9. The van der Waals surface area contributed by atoms with E-state index in [1.165, 1.54) is 10.5 Å².